The Morgan fingerprint density at radius 3 is 2.62 bits per heavy atom. The van der Waals surface area contributed by atoms with Crippen molar-refractivity contribution >= 4 is 11.6 Å². The Hall–Kier alpha value is -1.00. The third-order valence-electron chi connectivity index (χ3n) is 8.21. The standard InChI is InChI=1S/C20H26O4/c1-19-7-5-14-17(24-14)12(19)8-13(21)16-10(19)4-6-20(2)11(16)9-15(23-3)18(20)22/h8,10-11,14-17H,4-7,9H2,1-3H3/t10-,11+,14?,15?,16-,17?,19-,20+/m1/s1. The van der Waals surface area contributed by atoms with Gasteiger partial charge in [-0.05, 0) is 61.0 Å². The molecule has 0 bridgehead atoms. The Morgan fingerprint density at radius 2 is 1.88 bits per heavy atom. The monoisotopic (exact) mass is 330 g/mol. The molecule has 3 saturated carbocycles. The number of methoxy groups -OCH3 is 1. The minimum atomic E-state index is -0.382. The molecular weight excluding hydrogens is 304 g/mol. The molecule has 8 atom stereocenters. The van der Waals surface area contributed by atoms with Crippen LogP contribution in [0.3, 0.4) is 0 Å². The molecule has 0 aromatic rings. The van der Waals surface area contributed by atoms with Crippen LogP contribution in [0.5, 0.6) is 0 Å². The van der Waals surface area contributed by atoms with Crippen molar-refractivity contribution in [2.24, 2.45) is 28.6 Å². The van der Waals surface area contributed by atoms with E-state index in [0.717, 1.165) is 25.7 Å². The summed E-state index contributed by atoms with van der Waals surface area (Å²) in [4.78, 5) is 25.9. The van der Waals surface area contributed by atoms with Crippen LogP contribution in [0.25, 0.3) is 0 Å². The molecule has 5 rings (SSSR count). The second-order valence-corrected chi connectivity index (χ2v) is 9.07. The Morgan fingerprint density at radius 1 is 1.12 bits per heavy atom. The van der Waals surface area contributed by atoms with E-state index in [0.29, 0.717) is 18.4 Å². The van der Waals surface area contributed by atoms with E-state index < -0.39 is 0 Å². The lowest BCUT2D eigenvalue weighted by atomic mass is 9.48. The first kappa shape index (κ1) is 15.3. The Labute approximate surface area is 143 Å². The van der Waals surface area contributed by atoms with Crippen LogP contribution >= 0.6 is 0 Å². The van der Waals surface area contributed by atoms with E-state index >= 15 is 0 Å². The number of allylic oxidation sites excluding steroid dienone is 1. The van der Waals surface area contributed by atoms with Crippen LogP contribution in [0, 0.1) is 28.6 Å². The Bertz CT molecular complexity index is 667. The van der Waals surface area contributed by atoms with Crippen LogP contribution in [0.4, 0.5) is 0 Å². The van der Waals surface area contributed by atoms with Gasteiger partial charge in [-0.25, -0.2) is 0 Å². The summed E-state index contributed by atoms with van der Waals surface area (Å²) in [7, 11) is 1.62. The van der Waals surface area contributed by atoms with Crippen molar-refractivity contribution in [1.29, 1.82) is 0 Å². The lowest BCUT2D eigenvalue weighted by Crippen LogP contribution is -2.53. The van der Waals surface area contributed by atoms with Crippen LogP contribution in [0.2, 0.25) is 0 Å². The van der Waals surface area contributed by atoms with Crippen LogP contribution in [0.1, 0.15) is 46.0 Å². The van der Waals surface area contributed by atoms with Gasteiger partial charge in [0.15, 0.2) is 11.6 Å². The summed E-state index contributed by atoms with van der Waals surface area (Å²) in [5.41, 5.74) is 0.944. The van der Waals surface area contributed by atoms with Gasteiger partial charge < -0.3 is 9.47 Å². The van der Waals surface area contributed by atoms with Crippen molar-refractivity contribution in [2.45, 2.75) is 64.3 Å². The zero-order valence-electron chi connectivity index (χ0n) is 14.7. The normalized spacial score (nSPS) is 55.2. The fourth-order valence-corrected chi connectivity index (χ4v) is 6.67. The van der Waals surface area contributed by atoms with E-state index in [1.165, 1.54) is 5.57 Å². The molecule has 4 aliphatic carbocycles. The maximum atomic E-state index is 13.1. The molecule has 0 amide bonds. The molecule has 1 aliphatic heterocycles. The molecule has 3 unspecified atom stereocenters. The van der Waals surface area contributed by atoms with Gasteiger partial charge in [0.05, 0.1) is 6.10 Å². The van der Waals surface area contributed by atoms with Gasteiger partial charge in [-0.3, -0.25) is 9.59 Å². The highest BCUT2D eigenvalue weighted by molar-refractivity contribution is 5.98. The van der Waals surface area contributed by atoms with E-state index in [9.17, 15) is 9.59 Å². The Balaban J connectivity index is 1.58. The summed E-state index contributed by atoms with van der Waals surface area (Å²) in [6, 6.07) is 0. The first-order chi connectivity index (χ1) is 11.4. The van der Waals surface area contributed by atoms with Gasteiger partial charge >= 0.3 is 0 Å². The highest BCUT2D eigenvalue weighted by Crippen LogP contribution is 2.65. The first-order valence-corrected chi connectivity index (χ1v) is 9.38. The maximum Gasteiger partial charge on any atom is 0.167 e. The molecule has 5 aliphatic rings. The number of hydrogen-bond acceptors (Lipinski definition) is 4. The van der Waals surface area contributed by atoms with Gasteiger partial charge in [0.2, 0.25) is 0 Å². The molecule has 24 heavy (non-hydrogen) atoms. The predicted molar refractivity (Wildman–Crippen MR) is 87.3 cm³/mol. The van der Waals surface area contributed by atoms with E-state index in [1.54, 1.807) is 7.11 Å². The topological polar surface area (TPSA) is 55.9 Å². The summed E-state index contributed by atoms with van der Waals surface area (Å²) in [6.45, 7) is 4.42. The largest absolute Gasteiger partial charge is 0.374 e. The summed E-state index contributed by atoms with van der Waals surface area (Å²) >= 11 is 0. The van der Waals surface area contributed by atoms with Crippen molar-refractivity contribution in [1.82, 2.24) is 0 Å². The number of Topliss-reactive ketones (excluding diaryl/α,β-unsaturated/α-hetero) is 1. The lowest BCUT2D eigenvalue weighted by Gasteiger charge is -2.54. The number of epoxide rings is 1. The molecule has 130 valence electrons. The fourth-order valence-electron chi connectivity index (χ4n) is 6.67. The first-order valence-electron chi connectivity index (χ1n) is 9.38. The fraction of sp³-hybridized carbons (Fsp3) is 0.800. The lowest BCUT2D eigenvalue weighted by molar-refractivity contribution is -0.141. The zero-order valence-corrected chi connectivity index (χ0v) is 14.7. The molecule has 1 heterocycles. The second kappa shape index (κ2) is 4.59. The number of ether oxygens (including phenoxy) is 2. The number of fused-ring (bicyclic) bond motifs is 7. The molecule has 4 heteroatoms. The third kappa shape index (κ3) is 1.67. The maximum absolute atomic E-state index is 13.1. The Kier molecular flexibility index (Phi) is 2.92. The predicted octanol–water partition coefficient (Wildman–Crippen LogP) is 2.70. The third-order valence-corrected chi connectivity index (χ3v) is 8.21. The highest BCUT2D eigenvalue weighted by Gasteiger charge is 2.65. The van der Waals surface area contributed by atoms with Crippen LogP contribution in [-0.2, 0) is 19.1 Å². The molecular formula is C20H26O4. The van der Waals surface area contributed by atoms with Gasteiger partial charge in [0, 0.05) is 18.4 Å². The van der Waals surface area contributed by atoms with Crippen molar-refractivity contribution in [3.05, 3.63) is 11.6 Å². The SMILES string of the molecule is COC1C[C@H]2[C@@H]3C(=O)C=C4C5OC5CC[C@]4(C)[C@@H]3CC[C@]2(C)C1=O. The van der Waals surface area contributed by atoms with Gasteiger partial charge in [-0.2, -0.15) is 0 Å². The number of carbonyl (C=O) groups excluding carboxylic acids is 2. The van der Waals surface area contributed by atoms with E-state index in [1.807, 2.05) is 6.08 Å². The average Bonchev–Trinajstić information content (AvgIpc) is 3.29. The van der Waals surface area contributed by atoms with Crippen LogP contribution < -0.4 is 0 Å². The number of ketones is 2. The quantitative estimate of drug-likeness (QED) is 0.694. The molecule has 0 N–H and O–H groups in total. The summed E-state index contributed by atoms with van der Waals surface area (Å²) in [5, 5.41) is 0. The zero-order chi connectivity index (χ0) is 16.9. The van der Waals surface area contributed by atoms with E-state index in [2.05, 4.69) is 13.8 Å². The molecule has 0 spiro atoms. The highest BCUT2D eigenvalue weighted by atomic mass is 16.6. The van der Waals surface area contributed by atoms with Crippen LogP contribution in [-0.4, -0.2) is 37.0 Å². The van der Waals surface area contributed by atoms with Crippen molar-refractivity contribution in [3.8, 4) is 0 Å². The van der Waals surface area contributed by atoms with Crippen molar-refractivity contribution < 1.29 is 19.1 Å². The molecule has 0 aromatic carbocycles. The second-order valence-electron chi connectivity index (χ2n) is 9.07. The minimum Gasteiger partial charge on any atom is -0.374 e. The molecule has 0 aromatic heterocycles. The van der Waals surface area contributed by atoms with Gasteiger partial charge in [-0.15, -0.1) is 0 Å². The summed E-state index contributed by atoms with van der Waals surface area (Å²) in [6.07, 6.45) is 6.91. The van der Waals surface area contributed by atoms with E-state index in [-0.39, 0.29) is 46.4 Å². The summed E-state index contributed by atoms with van der Waals surface area (Å²) < 4.78 is 11.3. The number of carbonyl (C=O) groups is 2. The smallest absolute Gasteiger partial charge is 0.167 e. The molecule has 4 fully saturated rings. The van der Waals surface area contributed by atoms with Gasteiger partial charge in [0.1, 0.15) is 12.2 Å². The number of rotatable bonds is 1. The molecule has 4 nitrogen and oxygen atoms in total. The minimum absolute atomic E-state index is 0.0168. The average molecular weight is 330 g/mol. The van der Waals surface area contributed by atoms with Gasteiger partial charge in [0.25, 0.3) is 0 Å². The molecule has 0 radical (unpaired) electrons. The number of hydrogen-bond donors (Lipinski definition) is 0. The van der Waals surface area contributed by atoms with Crippen LogP contribution in [0.15, 0.2) is 11.6 Å². The van der Waals surface area contributed by atoms with Crippen molar-refractivity contribution in [3.63, 3.8) is 0 Å². The van der Waals surface area contributed by atoms with Gasteiger partial charge in [-0.1, -0.05) is 13.8 Å². The van der Waals surface area contributed by atoms with E-state index in [4.69, 9.17) is 9.47 Å². The molecule has 1 saturated heterocycles. The van der Waals surface area contributed by atoms with Crippen molar-refractivity contribution in [2.75, 3.05) is 7.11 Å². The summed E-state index contributed by atoms with van der Waals surface area (Å²) in [5.74, 6) is 0.932.